The van der Waals surface area contributed by atoms with Crippen molar-refractivity contribution < 1.29 is 0 Å². The van der Waals surface area contributed by atoms with Gasteiger partial charge in [0.25, 0.3) is 0 Å². The van der Waals surface area contributed by atoms with Gasteiger partial charge in [-0.2, -0.15) is 0 Å². The summed E-state index contributed by atoms with van der Waals surface area (Å²) in [5.74, 6) is 0. The van der Waals surface area contributed by atoms with Crippen molar-refractivity contribution in [3.8, 4) is 0 Å². The summed E-state index contributed by atoms with van der Waals surface area (Å²) in [6, 6.07) is 10.7. The summed E-state index contributed by atoms with van der Waals surface area (Å²) in [7, 11) is 2.16. The van der Waals surface area contributed by atoms with Crippen LogP contribution in [-0.2, 0) is 0 Å². The zero-order valence-electron chi connectivity index (χ0n) is 12.9. The Kier molecular flexibility index (Phi) is 4.41. The zero-order valence-corrected chi connectivity index (χ0v) is 12.9. The molecule has 3 heteroatoms. The highest BCUT2D eigenvalue weighted by Gasteiger charge is 2.28. The van der Waals surface area contributed by atoms with Gasteiger partial charge in [0, 0.05) is 29.7 Å². The lowest BCUT2D eigenvalue weighted by molar-refractivity contribution is 0.101. The minimum Gasteiger partial charge on any atom is -0.329 e. The molecule has 0 aliphatic heterocycles. The number of benzene rings is 1. The predicted molar refractivity (Wildman–Crippen MR) is 85.7 cm³/mol. The predicted octanol–water partition coefficient (Wildman–Crippen LogP) is 3.36. The highest BCUT2D eigenvalue weighted by Crippen LogP contribution is 2.29. The highest BCUT2D eigenvalue weighted by molar-refractivity contribution is 5.79. The first-order valence-electron chi connectivity index (χ1n) is 7.27. The monoisotopic (exact) mass is 271 g/mol. The fraction of sp³-hybridized carbons (Fsp3) is 0.471. The smallest absolute Gasteiger partial charge is 0.0702 e. The molecule has 0 bridgehead atoms. The molecule has 3 nitrogen and oxygen atoms in total. The first kappa shape index (κ1) is 14.9. The SMILES string of the molecule is CCC(C)(C)N(C)C(CN)c1ccc2ncccc2c1. The molecule has 0 aliphatic rings. The van der Waals surface area contributed by atoms with Crippen LogP contribution in [0.5, 0.6) is 0 Å². The Morgan fingerprint density at radius 3 is 2.70 bits per heavy atom. The van der Waals surface area contributed by atoms with Crippen LogP contribution < -0.4 is 5.73 Å². The molecule has 108 valence electrons. The van der Waals surface area contributed by atoms with Gasteiger partial charge in [0.1, 0.15) is 0 Å². The Labute approximate surface area is 121 Å². The molecular weight excluding hydrogens is 246 g/mol. The van der Waals surface area contributed by atoms with E-state index < -0.39 is 0 Å². The van der Waals surface area contributed by atoms with Crippen molar-refractivity contribution in [2.75, 3.05) is 13.6 Å². The van der Waals surface area contributed by atoms with E-state index in [4.69, 9.17) is 5.73 Å². The largest absolute Gasteiger partial charge is 0.329 e. The summed E-state index contributed by atoms with van der Waals surface area (Å²) in [6.45, 7) is 7.36. The van der Waals surface area contributed by atoms with E-state index in [1.807, 2.05) is 12.3 Å². The minimum absolute atomic E-state index is 0.133. The van der Waals surface area contributed by atoms with Gasteiger partial charge in [0.15, 0.2) is 0 Å². The van der Waals surface area contributed by atoms with E-state index >= 15 is 0 Å². The number of pyridine rings is 1. The zero-order chi connectivity index (χ0) is 14.8. The molecule has 0 spiro atoms. The molecule has 1 atom stereocenters. The van der Waals surface area contributed by atoms with Crippen LogP contribution in [0.4, 0.5) is 0 Å². The molecule has 0 saturated heterocycles. The molecule has 2 aromatic rings. The van der Waals surface area contributed by atoms with Gasteiger partial charge < -0.3 is 5.73 Å². The second-order valence-electron chi connectivity index (χ2n) is 5.98. The van der Waals surface area contributed by atoms with E-state index in [0.29, 0.717) is 6.54 Å². The Morgan fingerprint density at radius 2 is 2.05 bits per heavy atom. The summed E-state index contributed by atoms with van der Waals surface area (Å²) in [4.78, 5) is 6.75. The average molecular weight is 271 g/mol. The minimum atomic E-state index is 0.133. The van der Waals surface area contributed by atoms with Crippen molar-refractivity contribution in [1.82, 2.24) is 9.88 Å². The number of likely N-dealkylation sites (N-methyl/N-ethyl adjacent to an activating group) is 1. The topological polar surface area (TPSA) is 42.1 Å². The lowest BCUT2D eigenvalue weighted by Crippen LogP contribution is -2.45. The van der Waals surface area contributed by atoms with E-state index in [1.54, 1.807) is 0 Å². The first-order chi connectivity index (χ1) is 9.49. The molecular formula is C17H25N3. The second kappa shape index (κ2) is 5.90. The van der Waals surface area contributed by atoms with Crippen molar-refractivity contribution in [1.29, 1.82) is 0 Å². The Balaban J connectivity index is 2.39. The first-order valence-corrected chi connectivity index (χ1v) is 7.27. The number of fused-ring (bicyclic) bond motifs is 1. The van der Waals surface area contributed by atoms with Crippen LogP contribution in [0, 0.1) is 0 Å². The molecule has 1 aromatic heterocycles. The molecule has 1 unspecified atom stereocenters. The maximum Gasteiger partial charge on any atom is 0.0702 e. The fourth-order valence-corrected chi connectivity index (χ4v) is 2.49. The van der Waals surface area contributed by atoms with Crippen LogP contribution in [0.3, 0.4) is 0 Å². The molecule has 2 rings (SSSR count). The molecule has 0 fully saturated rings. The maximum absolute atomic E-state index is 6.04. The molecule has 20 heavy (non-hydrogen) atoms. The van der Waals surface area contributed by atoms with E-state index in [-0.39, 0.29) is 11.6 Å². The Bertz CT molecular complexity index is 577. The molecule has 2 N–H and O–H groups in total. The third kappa shape index (κ3) is 2.84. The Hall–Kier alpha value is -1.45. The van der Waals surface area contributed by atoms with E-state index in [2.05, 4.69) is 62.0 Å². The normalized spacial score (nSPS) is 13.9. The van der Waals surface area contributed by atoms with Gasteiger partial charge >= 0.3 is 0 Å². The summed E-state index contributed by atoms with van der Waals surface area (Å²) < 4.78 is 0. The average Bonchev–Trinajstić information content (AvgIpc) is 2.47. The molecule has 0 amide bonds. The third-order valence-electron chi connectivity index (χ3n) is 4.52. The van der Waals surface area contributed by atoms with Gasteiger partial charge in [-0.15, -0.1) is 0 Å². The number of nitrogens with zero attached hydrogens (tertiary/aromatic N) is 2. The number of hydrogen-bond acceptors (Lipinski definition) is 3. The summed E-state index contributed by atoms with van der Waals surface area (Å²) >= 11 is 0. The highest BCUT2D eigenvalue weighted by atomic mass is 15.2. The van der Waals surface area contributed by atoms with Crippen LogP contribution in [0.1, 0.15) is 38.8 Å². The van der Waals surface area contributed by atoms with Crippen molar-refractivity contribution in [3.05, 3.63) is 42.1 Å². The molecule has 0 saturated carbocycles. The van der Waals surface area contributed by atoms with Gasteiger partial charge in [0.05, 0.1) is 5.52 Å². The van der Waals surface area contributed by atoms with Gasteiger partial charge in [-0.3, -0.25) is 9.88 Å². The summed E-state index contributed by atoms with van der Waals surface area (Å²) in [5.41, 5.74) is 8.47. The quantitative estimate of drug-likeness (QED) is 0.906. The standard InChI is InChI=1S/C17H25N3/c1-5-17(2,3)20(4)16(12-18)14-8-9-15-13(11-14)7-6-10-19-15/h6-11,16H,5,12,18H2,1-4H3. The van der Waals surface area contributed by atoms with Crippen LogP contribution in [0.2, 0.25) is 0 Å². The molecule has 0 radical (unpaired) electrons. The van der Waals surface area contributed by atoms with E-state index in [0.717, 1.165) is 11.9 Å². The molecule has 0 aliphatic carbocycles. The van der Waals surface area contributed by atoms with Gasteiger partial charge in [-0.1, -0.05) is 19.1 Å². The van der Waals surface area contributed by atoms with Gasteiger partial charge in [0.2, 0.25) is 0 Å². The maximum atomic E-state index is 6.04. The van der Waals surface area contributed by atoms with Crippen LogP contribution in [-0.4, -0.2) is 29.0 Å². The van der Waals surface area contributed by atoms with Gasteiger partial charge in [-0.05, 0) is 51.1 Å². The summed E-state index contributed by atoms with van der Waals surface area (Å²) in [5, 5.41) is 1.17. The van der Waals surface area contributed by atoms with Crippen LogP contribution >= 0.6 is 0 Å². The molecule has 1 heterocycles. The molecule has 1 aromatic carbocycles. The Morgan fingerprint density at radius 1 is 1.30 bits per heavy atom. The summed E-state index contributed by atoms with van der Waals surface area (Å²) in [6.07, 6.45) is 2.92. The van der Waals surface area contributed by atoms with Crippen molar-refractivity contribution in [2.45, 2.75) is 38.8 Å². The number of hydrogen-bond donors (Lipinski definition) is 1. The lowest BCUT2D eigenvalue weighted by Gasteiger charge is -2.40. The fourth-order valence-electron chi connectivity index (χ4n) is 2.49. The van der Waals surface area contributed by atoms with Crippen molar-refractivity contribution in [2.24, 2.45) is 5.73 Å². The van der Waals surface area contributed by atoms with E-state index in [9.17, 15) is 0 Å². The van der Waals surface area contributed by atoms with Crippen molar-refractivity contribution in [3.63, 3.8) is 0 Å². The van der Waals surface area contributed by atoms with Crippen LogP contribution in [0.15, 0.2) is 36.5 Å². The third-order valence-corrected chi connectivity index (χ3v) is 4.52. The van der Waals surface area contributed by atoms with E-state index in [1.165, 1.54) is 10.9 Å². The lowest BCUT2D eigenvalue weighted by atomic mass is 9.94. The van der Waals surface area contributed by atoms with Gasteiger partial charge in [-0.25, -0.2) is 0 Å². The van der Waals surface area contributed by atoms with Crippen LogP contribution in [0.25, 0.3) is 10.9 Å². The number of aromatic nitrogens is 1. The second-order valence-corrected chi connectivity index (χ2v) is 5.98. The number of rotatable bonds is 5. The van der Waals surface area contributed by atoms with Crippen molar-refractivity contribution >= 4 is 10.9 Å². The number of nitrogens with two attached hydrogens (primary N) is 1.